The number of halogens is 1. The van der Waals surface area contributed by atoms with Crippen LogP contribution in [0.5, 0.6) is 5.75 Å². The van der Waals surface area contributed by atoms with E-state index in [0.29, 0.717) is 6.42 Å². The first-order chi connectivity index (χ1) is 6.72. The van der Waals surface area contributed by atoms with Crippen molar-refractivity contribution in [3.8, 4) is 5.75 Å². The summed E-state index contributed by atoms with van der Waals surface area (Å²) in [4.78, 5) is 10.3. The van der Waals surface area contributed by atoms with Gasteiger partial charge in [0.05, 0.1) is 0 Å². The summed E-state index contributed by atoms with van der Waals surface area (Å²) in [5, 5.41) is 8.51. The highest BCUT2D eigenvalue weighted by molar-refractivity contribution is 14.2. The molecule has 0 aliphatic carbocycles. The van der Waals surface area contributed by atoms with Gasteiger partial charge >= 0.3 is 5.97 Å². The molecule has 0 fully saturated rings. The number of carboxylic acids is 1. The van der Waals surface area contributed by atoms with E-state index in [9.17, 15) is 4.79 Å². The fourth-order valence-corrected chi connectivity index (χ4v) is 1.84. The molecule has 1 N–H and O–H groups in total. The van der Waals surface area contributed by atoms with Crippen LogP contribution in [-0.4, -0.2) is 11.1 Å². The SMILES string of the molecule is O=C(O)CCc1cccc(OSI)c1. The van der Waals surface area contributed by atoms with E-state index in [0.717, 1.165) is 11.3 Å². The molecular weight excluding hydrogens is 315 g/mol. The maximum absolute atomic E-state index is 10.3. The van der Waals surface area contributed by atoms with E-state index in [1.54, 1.807) is 0 Å². The summed E-state index contributed by atoms with van der Waals surface area (Å²) in [6.45, 7) is 0. The molecule has 0 aliphatic heterocycles. The van der Waals surface area contributed by atoms with Gasteiger partial charge in [-0.05, 0) is 24.1 Å². The third kappa shape index (κ3) is 4.19. The summed E-state index contributed by atoms with van der Waals surface area (Å²) >= 11 is 2.03. The van der Waals surface area contributed by atoms with Gasteiger partial charge in [-0.3, -0.25) is 4.79 Å². The third-order valence-electron chi connectivity index (χ3n) is 1.65. The molecule has 0 aromatic heterocycles. The van der Waals surface area contributed by atoms with Crippen molar-refractivity contribution < 1.29 is 14.1 Å². The van der Waals surface area contributed by atoms with Gasteiger partial charge in [0, 0.05) is 27.6 Å². The monoisotopic (exact) mass is 324 g/mol. The first-order valence-electron chi connectivity index (χ1n) is 3.98. The molecule has 0 spiro atoms. The molecular formula is C9H9IO3S. The van der Waals surface area contributed by atoms with Crippen LogP contribution in [0.3, 0.4) is 0 Å². The Hall–Kier alpha value is -0.430. The normalized spacial score (nSPS) is 9.79. The van der Waals surface area contributed by atoms with Crippen molar-refractivity contribution in [3.05, 3.63) is 29.8 Å². The quantitative estimate of drug-likeness (QED) is 0.668. The number of benzene rings is 1. The molecule has 14 heavy (non-hydrogen) atoms. The maximum Gasteiger partial charge on any atom is 0.303 e. The minimum atomic E-state index is -0.778. The van der Waals surface area contributed by atoms with Crippen molar-refractivity contribution in [1.29, 1.82) is 0 Å². The lowest BCUT2D eigenvalue weighted by atomic mass is 10.1. The van der Waals surface area contributed by atoms with Crippen molar-refractivity contribution >= 4 is 36.4 Å². The van der Waals surface area contributed by atoms with E-state index < -0.39 is 5.97 Å². The van der Waals surface area contributed by atoms with Gasteiger partial charge in [-0.25, -0.2) is 0 Å². The smallest absolute Gasteiger partial charge is 0.303 e. The summed E-state index contributed by atoms with van der Waals surface area (Å²) in [6, 6.07) is 7.46. The lowest BCUT2D eigenvalue weighted by Gasteiger charge is -2.02. The minimum Gasteiger partial charge on any atom is -0.481 e. The second-order valence-electron chi connectivity index (χ2n) is 2.69. The molecule has 0 bridgehead atoms. The predicted molar refractivity (Wildman–Crippen MR) is 64.6 cm³/mol. The fraction of sp³-hybridized carbons (Fsp3) is 0.222. The average molecular weight is 324 g/mol. The van der Waals surface area contributed by atoms with Crippen molar-refractivity contribution in [2.45, 2.75) is 12.8 Å². The molecule has 0 saturated heterocycles. The lowest BCUT2D eigenvalue weighted by molar-refractivity contribution is -0.136. The van der Waals surface area contributed by atoms with Crippen LogP contribution in [0.4, 0.5) is 0 Å². The second-order valence-corrected chi connectivity index (χ2v) is 4.06. The number of carboxylic acid groups (broad SMARTS) is 1. The van der Waals surface area contributed by atoms with Crippen LogP contribution in [0.2, 0.25) is 0 Å². The summed E-state index contributed by atoms with van der Waals surface area (Å²) in [7, 11) is 1.24. The van der Waals surface area contributed by atoms with E-state index in [2.05, 4.69) is 0 Å². The number of hydrogen-bond donors (Lipinski definition) is 1. The standard InChI is InChI=1S/C9H9IO3S/c10-14-13-8-3-1-2-7(6-8)4-5-9(11)12/h1-3,6H,4-5H2,(H,11,12). The zero-order chi connectivity index (χ0) is 10.4. The average Bonchev–Trinajstić information content (AvgIpc) is 2.16. The topological polar surface area (TPSA) is 46.5 Å². The molecule has 0 radical (unpaired) electrons. The molecule has 5 heteroatoms. The van der Waals surface area contributed by atoms with Crippen molar-refractivity contribution in [1.82, 2.24) is 0 Å². The van der Waals surface area contributed by atoms with E-state index in [-0.39, 0.29) is 6.42 Å². The molecule has 1 rings (SSSR count). The van der Waals surface area contributed by atoms with E-state index in [1.165, 1.54) is 9.21 Å². The summed E-state index contributed by atoms with van der Waals surface area (Å²) in [6.07, 6.45) is 0.694. The highest BCUT2D eigenvalue weighted by atomic mass is 127. The molecule has 3 nitrogen and oxygen atoms in total. The van der Waals surface area contributed by atoms with Gasteiger partial charge in [-0.2, -0.15) is 0 Å². The first kappa shape index (κ1) is 11.6. The molecule has 0 amide bonds. The summed E-state index contributed by atoms with van der Waals surface area (Å²) in [5.41, 5.74) is 0.982. The van der Waals surface area contributed by atoms with E-state index in [1.807, 2.05) is 45.5 Å². The van der Waals surface area contributed by atoms with Gasteiger partial charge in [0.1, 0.15) is 15.0 Å². The molecule has 1 aromatic carbocycles. The number of hydrogen-bond acceptors (Lipinski definition) is 3. The Kier molecular flexibility index (Phi) is 5.10. The van der Waals surface area contributed by atoms with E-state index in [4.69, 9.17) is 9.29 Å². The fourth-order valence-electron chi connectivity index (χ4n) is 1.04. The molecule has 76 valence electrons. The van der Waals surface area contributed by atoms with Gasteiger partial charge in [-0.1, -0.05) is 12.1 Å². The maximum atomic E-state index is 10.3. The van der Waals surface area contributed by atoms with Crippen molar-refractivity contribution in [3.63, 3.8) is 0 Å². The van der Waals surface area contributed by atoms with Crippen LogP contribution in [0.15, 0.2) is 24.3 Å². The Balaban J connectivity index is 2.58. The zero-order valence-corrected chi connectivity index (χ0v) is 10.2. The van der Waals surface area contributed by atoms with Gasteiger partial charge in [0.15, 0.2) is 0 Å². The Bertz CT molecular complexity index is 317. The summed E-state index contributed by atoms with van der Waals surface area (Å²) < 4.78 is 5.21. The number of aliphatic carboxylic acids is 1. The van der Waals surface area contributed by atoms with Gasteiger partial charge in [0.25, 0.3) is 0 Å². The highest BCUT2D eigenvalue weighted by Gasteiger charge is 2.00. The second kappa shape index (κ2) is 6.13. The third-order valence-corrected chi connectivity index (χ3v) is 2.45. The Morgan fingerprint density at radius 1 is 1.57 bits per heavy atom. The largest absolute Gasteiger partial charge is 0.481 e. The summed E-state index contributed by atoms with van der Waals surface area (Å²) in [5.74, 6) is -0.0214. The Labute approximate surface area is 98.6 Å². The van der Waals surface area contributed by atoms with Crippen LogP contribution in [0, 0.1) is 0 Å². The molecule has 0 atom stereocenters. The van der Waals surface area contributed by atoms with Crippen LogP contribution >= 0.6 is 30.4 Å². The van der Waals surface area contributed by atoms with Crippen molar-refractivity contribution in [2.24, 2.45) is 0 Å². The van der Waals surface area contributed by atoms with Crippen molar-refractivity contribution in [2.75, 3.05) is 0 Å². The Morgan fingerprint density at radius 3 is 3.00 bits per heavy atom. The Morgan fingerprint density at radius 2 is 2.36 bits per heavy atom. The van der Waals surface area contributed by atoms with Crippen LogP contribution < -0.4 is 4.18 Å². The van der Waals surface area contributed by atoms with Gasteiger partial charge in [0.2, 0.25) is 0 Å². The first-order valence-corrected chi connectivity index (χ1v) is 7.27. The molecule has 0 aliphatic rings. The zero-order valence-electron chi connectivity index (χ0n) is 7.27. The number of carbonyl (C=O) groups is 1. The van der Waals surface area contributed by atoms with Gasteiger partial charge in [-0.15, -0.1) is 0 Å². The highest BCUT2D eigenvalue weighted by Crippen LogP contribution is 2.22. The molecule has 1 aromatic rings. The van der Waals surface area contributed by atoms with Gasteiger partial charge < -0.3 is 9.29 Å². The molecule has 0 unspecified atom stereocenters. The number of rotatable bonds is 5. The molecule has 0 saturated carbocycles. The minimum absolute atomic E-state index is 0.154. The number of aryl methyl sites for hydroxylation is 1. The van der Waals surface area contributed by atoms with E-state index >= 15 is 0 Å². The van der Waals surface area contributed by atoms with Crippen LogP contribution in [0.1, 0.15) is 12.0 Å². The van der Waals surface area contributed by atoms with Crippen LogP contribution in [-0.2, 0) is 11.2 Å². The lowest BCUT2D eigenvalue weighted by Crippen LogP contribution is -1.97. The molecule has 0 heterocycles. The van der Waals surface area contributed by atoms with Crippen LogP contribution in [0.25, 0.3) is 0 Å². The predicted octanol–water partition coefficient (Wildman–Crippen LogP) is 3.08.